The first kappa shape index (κ1) is 32.0. The van der Waals surface area contributed by atoms with E-state index in [0.29, 0.717) is 24.0 Å². The van der Waals surface area contributed by atoms with Crippen molar-refractivity contribution in [3.05, 3.63) is 0 Å². The monoisotopic (exact) mass is 586 g/mol. The minimum absolute atomic E-state index is 0.0191. The van der Waals surface area contributed by atoms with Gasteiger partial charge in [0.05, 0.1) is 23.0 Å². The fourth-order valence-electron chi connectivity index (χ4n) is 11.8. The molecule has 5 aliphatic rings. The third kappa shape index (κ3) is 4.62. The van der Waals surface area contributed by atoms with E-state index < -0.39 is 17.4 Å². The van der Waals surface area contributed by atoms with E-state index in [4.69, 9.17) is 9.47 Å². The average Bonchev–Trinajstić information content (AvgIpc) is 3.22. The summed E-state index contributed by atoms with van der Waals surface area (Å²) < 4.78 is 12.9. The van der Waals surface area contributed by atoms with Crippen LogP contribution in [0.3, 0.4) is 0 Å². The molecule has 1 saturated heterocycles. The zero-order valence-corrected chi connectivity index (χ0v) is 28.2. The van der Waals surface area contributed by atoms with Crippen LogP contribution in [0.1, 0.15) is 140 Å². The summed E-state index contributed by atoms with van der Waals surface area (Å²) in [6.07, 6.45) is 9.53. The Labute approximate surface area is 254 Å². The highest BCUT2D eigenvalue weighted by Crippen LogP contribution is 2.75. The Morgan fingerprint density at radius 1 is 0.881 bits per heavy atom. The Morgan fingerprint density at radius 3 is 2.14 bits per heavy atom. The van der Waals surface area contributed by atoms with Crippen molar-refractivity contribution in [1.29, 1.82) is 0 Å². The third-order valence-corrected chi connectivity index (χ3v) is 14.3. The maximum atomic E-state index is 14.4. The molecule has 9 atom stereocenters. The Bertz CT molecular complexity index is 1140. The van der Waals surface area contributed by atoms with E-state index in [1.54, 1.807) is 13.8 Å². The lowest BCUT2D eigenvalue weighted by atomic mass is 9.35. The molecule has 0 aromatic heterocycles. The van der Waals surface area contributed by atoms with Gasteiger partial charge in [0.1, 0.15) is 11.9 Å². The fourth-order valence-corrected chi connectivity index (χ4v) is 11.8. The van der Waals surface area contributed by atoms with Crippen molar-refractivity contribution >= 4 is 17.7 Å². The predicted molar refractivity (Wildman–Crippen MR) is 163 cm³/mol. The number of carboxylic acids is 1. The first-order chi connectivity index (χ1) is 19.1. The van der Waals surface area contributed by atoms with Gasteiger partial charge in [0, 0.05) is 17.8 Å². The molecule has 6 nitrogen and oxygen atoms in total. The molecular formula is C36H58O6. The minimum atomic E-state index is -1.15. The number of carboxylic acid groups (broad SMARTS) is 1. The summed E-state index contributed by atoms with van der Waals surface area (Å²) >= 11 is 0. The average molecular weight is 587 g/mol. The molecule has 0 amide bonds. The van der Waals surface area contributed by atoms with Crippen molar-refractivity contribution < 1.29 is 29.0 Å². The first-order valence-corrected chi connectivity index (χ1v) is 16.8. The largest absolute Gasteiger partial charge is 0.481 e. The molecule has 42 heavy (non-hydrogen) atoms. The number of carbonyl (C=O) groups excluding carboxylic acids is 2. The second-order valence-corrected chi connectivity index (χ2v) is 18.0. The van der Waals surface area contributed by atoms with Gasteiger partial charge < -0.3 is 14.6 Å². The van der Waals surface area contributed by atoms with Crippen molar-refractivity contribution in [3.8, 4) is 0 Å². The fraction of sp³-hybridized carbons (Fsp3) is 0.917. The lowest BCUT2D eigenvalue weighted by Gasteiger charge is -2.69. The van der Waals surface area contributed by atoms with Gasteiger partial charge in [-0.25, -0.2) is 0 Å². The van der Waals surface area contributed by atoms with Crippen LogP contribution in [0.2, 0.25) is 0 Å². The number of carbonyl (C=O) groups is 3. The maximum Gasteiger partial charge on any atom is 0.309 e. The van der Waals surface area contributed by atoms with Crippen molar-refractivity contribution in [2.75, 3.05) is 0 Å². The summed E-state index contributed by atoms with van der Waals surface area (Å²) in [5.74, 6) is 0.00520. The number of hydrogen-bond acceptors (Lipinski definition) is 5. The smallest absolute Gasteiger partial charge is 0.309 e. The van der Waals surface area contributed by atoms with E-state index >= 15 is 0 Å². The molecule has 0 unspecified atom stereocenters. The van der Waals surface area contributed by atoms with Gasteiger partial charge >= 0.3 is 11.9 Å². The van der Waals surface area contributed by atoms with Gasteiger partial charge in [0.2, 0.25) is 0 Å². The molecule has 0 aromatic carbocycles. The SMILES string of the molecule is CC1(C)CCC[C@](C)([C@H]2CC[C@]3(C)[C@@H]2C(=O)C[C@@H]2[C@@]4(C)CC[C@H](OC(=O)CC(C)(C)C(=O)O)C(C)(C)[C@@H]4CC[C@]23C)O1. The standard InChI is InChI=1S/C36H58O6/c1-30(2,29(39)40)21-27(38)41-26-14-17-33(7)24(32(26,5)6)13-19-34(8)25(33)20-23(37)28-22(12-18-35(28,34)9)36(10)16-11-15-31(3,4)42-36/h22,24-26,28H,11-21H2,1-10H3,(H,39,40)/t22-,24-,25+,26-,28-,33-,34+,35+,36+/m0/s1. The van der Waals surface area contributed by atoms with E-state index in [2.05, 4.69) is 55.4 Å². The quantitative estimate of drug-likeness (QED) is 0.328. The van der Waals surface area contributed by atoms with Crippen LogP contribution >= 0.6 is 0 Å². The van der Waals surface area contributed by atoms with Crippen LogP contribution in [0, 0.1) is 50.7 Å². The molecule has 5 fully saturated rings. The van der Waals surface area contributed by atoms with Gasteiger partial charge in [0.25, 0.3) is 0 Å². The van der Waals surface area contributed by atoms with Crippen LogP contribution in [0.4, 0.5) is 0 Å². The summed E-state index contributed by atoms with van der Waals surface area (Å²) in [4.78, 5) is 39.0. The Hall–Kier alpha value is -1.43. The number of rotatable bonds is 5. The lowest BCUT2D eigenvalue weighted by molar-refractivity contribution is -0.234. The number of aliphatic carboxylic acids is 1. The third-order valence-electron chi connectivity index (χ3n) is 14.3. The number of ether oxygens (including phenoxy) is 2. The van der Waals surface area contributed by atoms with Gasteiger partial charge in [0.15, 0.2) is 0 Å². The van der Waals surface area contributed by atoms with Crippen LogP contribution in [0.5, 0.6) is 0 Å². The topological polar surface area (TPSA) is 89.9 Å². The lowest BCUT2D eigenvalue weighted by Crippen LogP contribution is -2.66. The summed E-state index contributed by atoms with van der Waals surface area (Å²) in [7, 11) is 0. The van der Waals surface area contributed by atoms with E-state index in [1.165, 1.54) is 0 Å². The Kier molecular flexibility index (Phi) is 7.45. The number of fused-ring (bicyclic) bond motifs is 5. The summed E-state index contributed by atoms with van der Waals surface area (Å²) in [6, 6.07) is 0. The number of Topliss-reactive ketones (excluding diaryl/α,β-unsaturated/α-hetero) is 1. The molecule has 4 saturated carbocycles. The van der Waals surface area contributed by atoms with Crippen LogP contribution in [-0.2, 0) is 23.9 Å². The maximum absolute atomic E-state index is 14.4. The molecule has 0 radical (unpaired) electrons. The van der Waals surface area contributed by atoms with Crippen LogP contribution in [-0.4, -0.2) is 40.1 Å². The predicted octanol–water partition coefficient (Wildman–Crippen LogP) is 8.00. The highest BCUT2D eigenvalue weighted by molar-refractivity contribution is 5.84. The molecule has 4 aliphatic carbocycles. The van der Waals surface area contributed by atoms with E-state index in [-0.39, 0.29) is 57.2 Å². The van der Waals surface area contributed by atoms with Gasteiger partial charge in [-0.05, 0) is 126 Å². The molecule has 0 spiro atoms. The molecule has 5 rings (SSSR count). The normalized spacial score (nSPS) is 46.2. The van der Waals surface area contributed by atoms with E-state index in [0.717, 1.165) is 57.8 Å². The van der Waals surface area contributed by atoms with Crippen molar-refractivity contribution in [3.63, 3.8) is 0 Å². The second kappa shape index (κ2) is 9.78. The highest BCUT2D eigenvalue weighted by Gasteiger charge is 2.72. The van der Waals surface area contributed by atoms with Crippen LogP contribution in [0.15, 0.2) is 0 Å². The molecule has 6 heteroatoms. The summed E-state index contributed by atoms with van der Waals surface area (Å²) in [6.45, 7) is 21.7. The van der Waals surface area contributed by atoms with Crippen molar-refractivity contribution in [2.24, 2.45) is 50.7 Å². The zero-order valence-electron chi connectivity index (χ0n) is 28.2. The molecule has 0 aromatic rings. The zero-order chi connectivity index (χ0) is 31.3. The second-order valence-electron chi connectivity index (χ2n) is 18.0. The van der Waals surface area contributed by atoms with E-state index in [9.17, 15) is 19.5 Å². The molecule has 0 bridgehead atoms. The van der Waals surface area contributed by atoms with E-state index in [1.807, 2.05) is 0 Å². The minimum Gasteiger partial charge on any atom is -0.481 e. The van der Waals surface area contributed by atoms with Gasteiger partial charge in [-0.3, -0.25) is 14.4 Å². The van der Waals surface area contributed by atoms with Crippen molar-refractivity contribution in [1.82, 2.24) is 0 Å². The summed E-state index contributed by atoms with van der Waals surface area (Å²) in [5, 5.41) is 9.51. The van der Waals surface area contributed by atoms with Crippen LogP contribution in [0.25, 0.3) is 0 Å². The molecular weight excluding hydrogens is 528 g/mol. The molecule has 1 N–H and O–H groups in total. The number of hydrogen-bond donors (Lipinski definition) is 1. The number of ketones is 1. The molecule has 1 aliphatic heterocycles. The van der Waals surface area contributed by atoms with Gasteiger partial charge in [-0.15, -0.1) is 0 Å². The number of esters is 1. The summed E-state index contributed by atoms with van der Waals surface area (Å²) in [5.41, 5.74) is -1.80. The first-order valence-electron chi connectivity index (χ1n) is 16.8. The van der Waals surface area contributed by atoms with Gasteiger partial charge in [-0.1, -0.05) is 34.6 Å². The Balaban J connectivity index is 1.40. The van der Waals surface area contributed by atoms with Gasteiger partial charge in [-0.2, -0.15) is 0 Å². The Morgan fingerprint density at radius 2 is 1.52 bits per heavy atom. The highest BCUT2D eigenvalue weighted by atomic mass is 16.5. The molecule has 238 valence electrons. The molecule has 1 heterocycles. The van der Waals surface area contributed by atoms with Crippen molar-refractivity contribution in [2.45, 2.75) is 157 Å². The van der Waals surface area contributed by atoms with Crippen LogP contribution < -0.4 is 0 Å².